The van der Waals surface area contributed by atoms with E-state index in [9.17, 15) is 4.79 Å². The second-order valence-electron chi connectivity index (χ2n) is 3.51. The number of allylic oxidation sites excluding steroid dienone is 2. The minimum absolute atomic E-state index is 0.165. The number of rotatable bonds is 1. The molecule has 0 amide bonds. The van der Waals surface area contributed by atoms with Gasteiger partial charge in [-0.05, 0) is 12.5 Å². The van der Waals surface area contributed by atoms with E-state index in [1.165, 1.54) is 0 Å². The van der Waals surface area contributed by atoms with Crippen LogP contribution in [-0.2, 0) is 9.53 Å². The standard InChI is InChI=1S/C14H12O2/c1-2-6-12(11-7-4-3-5-8-11)13-9-10-14(15)16-13/h3-5,7-8H,9-10H2,1H3/b13-12-. The molecule has 0 unspecified atom stereocenters. The van der Waals surface area contributed by atoms with Crippen LogP contribution in [0.2, 0.25) is 0 Å². The van der Waals surface area contributed by atoms with Gasteiger partial charge in [-0.1, -0.05) is 36.3 Å². The van der Waals surface area contributed by atoms with E-state index in [-0.39, 0.29) is 5.97 Å². The Hall–Kier alpha value is -2.01. The molecule has 1 aliphatic rings. The summed E-state index contributed by atoms with van der Waals surface area (Å²) in [5.41, 5.74) is 1.83. The lowest BCUT2D eigenvalue weighted by molar-refractivity contribution is -0.135. The monoisotopic (exact) mass is 212 g/mol. The molecule has 1 aliphatic heterocycles. The Bertz CT molecular complexity index is 486. The Morgan fingerprint density at radius 1 is 1.25 bits per heavy atom. The molecule has 2 heteroatoms. The summed E-state index contributed by atoms with van der Waals surface area (Å²) in [4.78, 5) is 11.1. The van der Waals surface area contributed by atoms with E-state index >= 15 is 0 Å². The number of ether oxygens (including phenoxy) is 1. The van der Waals surface area contributed by atoms with Crippen LogP contribution in [0.5, 0.6) is 0 Å². The molecule has 0 bridgehead atoms. The molecule has 0 aliphatic carbocycles. The molecule has 1 heterocycles. The molecule has 1 aromatic carbocycles. The summed E-state index contributed by atoms with van der Waals surface area (Å²) in [7, 11) is 0. The van der Waals surface area contributed by atoms with E-state index in [4.69, 9.17) is 4.74 Å². The summed E-state index contributed by atoms with van der Waals surface area (Å²) in [6, 6.07) is 9.79. The summed E-state index contributed by atoms with van der Waals surface area (Å²) < 4.78 is 5.17. The van der Waals surface area contributed by atoms with Crippen LogP contribution in [-0.4, -0.2) is 5.97 Å². The largest absolute Gasteiger partial charge is 0.430 e. The topological polar surface area (TPSA) is 26.3 Å². The van der Waals surface area contributed by atoms with Gasteiger partial charge in [0.15, 0.2) is 0 Å². The molecule has 0 radical (unpaired) electrons. The van der Waals surface area contributed by atoms with Crippen molar-refractivity contribution in [3.63, 3.8) is 0 Å². The molecule has 1 aromatic rings. The fraction of sp³-hybridized carbons (Fsp3) is 0.214. The molecule has 16 heavy (non-hydrogen) atoms. The Kier molecular flexibility index (Phi) is 3.07. The van der Waals surface area contributed by atoms with Crippen molar-refractivity contribution in [1.29, 1.82) is 0 Å². The summed E-state index contributed by atoms with van der Waals surface area (Å²) in [5, 5.41) is 0. The van der Waals surface area contributed by atoms with Crippen molar-refractivity contribution < 1.29 is 9.53 Å². The van der Waals surface area contributed by atoms with Gasteiger partial charge in [-0.3, -0.25) is 4.79 Å². The van der Waals surface area contributed by atoms with Crippen LogP contribution < -0.4 is 0 Å². The molecule has 0 saturated carbocycles. The van der Waals surface area contributed by atoms with E-state index in [0.29, 0.717) is 18.6 Å². The molecule has 2 nitrogen and oxygen atoms in total. The first-order valence-electron chi connectivity index (χ1n) is 5.23. The second kappa shape index (κ2) is 4.67. The summed E-state index contributed by atoms with van der Waals surface area (Å²) in [5.74, 6) is 6.41. The fourth-order valence-corrected chi connectivity index (χ4v) is 1.66. The van der Waals surface area contributed by atoms with Crippen molar-refractivity contribution in [2.45, 2.75) is 19.8 Å². The van der Waals surface area contributed by atoms with Crippen molar-refractivity contribution in [3.8, 4) is 11.8 Å². The molecule has 80 valence electrons. The van der Waals surface area contributed by atoms with Crippen molar-refractivity contribution in [2.24, 2.45) is 0 Å². The van der Waals surface area contributed by atoms with Crippen LogP contribution in [0.3, 0.4) is 0 Å². The van der Waals surface area contributed by atoms with Crippen LogP contribution in [0, 0.1) is 11.8 Å². The van der Waals surface area contributed by atoms with Crippen molar-refractivity contribution in [3.05, 3.63) is 41.7 Å². The molecule has 0 aromatic heterocycles. The highest BCUT2D eigenvalue weighted by molar-refractivity contribution is 5.85. The highest BCUT2D eigenvalue weighted by Crippen LogP contribution is 2.27. The lowest BCUT2D eigenvalue weighted by Crippen LogP contribution is -1.92. The Morgan fingerprint density at radius 2 is 2.00 bits per heavy atom. The Morgan fingerprint density at radius 3 is 2.56 bits per heavy atom. The maximum atomic E-state index is 11.1. The quantitative estimate of drug-likeness (QED) is 0.528. The summed E-state index contributed by atoms with van der Waals surface area (Å²) in [6.07, 6.45) is 1.11. The lowest BCUT2D eigenvalue weighted by atomic mass is 10.0. The van der Waals surface area contributed by atoms with Gasteiger partial charge in [0.25, 0.3) is 0 Å². The van der Waals surface area contributed by atoms with Gasteiger partial charge in [0.2, 0.25) is 0 Å². The van der Waals surface area contributed by atoms with Crippen LogP contribution in [0.15, 0.2) is 36.1 Å². The first-order valence-corrected chi connectivity index (χ1v) is 5.23. The van der Waals surface area contributed by atoms with Crippen LogP contribution >= 0.6 is 0 Å². The van der Waals surface area contributed by atoms with Crippen LogP contribution in [0.25, 0.3) is 5.57 Å². The normalized spacial score (nSPS) is 17.4. The minimum atomic E-state index is -0.165. The molecule has 0 spiro atoms. The van der Waals surface area contributed by atoms with Crippen molar-refractivity contribution >= 4 is 11.5 Å². The smallest absolute Gasteiger partial charge is 0.311 e. The van der Waals surface area contributed by atoms with Gasteiger partial charge in [0.05, 0.1) is 12.0 Å². The van der Waals surface area contributed by atoms with Gasteiger partial charge < -0.3 is 4.74 Å². The van der Waals surface area contributed by atoms with Gasteiger partial charge >= 0.3 is 5.97 Å². The Balaban J connectivity index is 2.45. The SMILES string of the molecule is CC#C/C(=C1\CCC(=O)O1)c1ccccc1. The van der Waals surface area contributed by atoms with E-state index in [2.05, 4.69) is 11.8 Å². The third-order valence-electron chi connectivity index (χ3n) is 2.38. The third kappa shape index (κ3) is 2.14. The molecule has 0 N–H and O–H groups in total. The summed E-state index contributed by atoms with van der Waals surface area (Å²) in [6.45, 7) is 1.78. The number of hydrogen-bond donors (Lipinski definition) is 0. The van der Waals surface area contributed by atoms with E-state index in [1.54, 1.807) is 6.92 Å². The average molecular weight is 212 g/mol. The van der Waals surface area contributed by atoms with Crippen molar-refractivity contribution in [1.82, 2.24) is 0 Å². The predicted molar refractivity (Wildman–Crippen MR) is 62.1 cm³/mol. The fourth-order valence-electron chi connectivity index (χ4n) is 1.66. The zero-order valence-electron chi connectivity index (χ0n) is 9.12. The summed E-state index contributed by atoms with van der Waals surface area (Å²) >= 11 is 0. The van der Waals surface area contributed by atoms with Crippen molar-refractivity contribution in [2.75, 3.05) is 0 Å². The van der Waals surface area contributed by atoms with Gasteiger partial charge in [0.1, 0.15) is 5.76 Å². The zero-order chi connectivity index (χ0) is 11.4. The highest BCUT2D eigenvalue weighted by atomic mass is 16.5. The van der Waals surface area contributed by atoms with Gasteiger partial charge in [-0.25, -0.2) is 0 Å². The highest BCUT2D eigenvalue weighted by Gasteiger charge is 2.21. The first-order chi connectivity index (χ1) is 7.81. The minimum Gasteiger partial charge on any atom is -0.430 e. The van der Waals surface area contributed by atoms with Crippen LogP contribution in [0.4, 0.5) is 0 Å². The Labute approximate surface area is 94.9 Å². The third-order valence-corrected chi connectivity index (χ3v) is 2.38. The van der Waals surface area contributed by atoms with E-state index < -0.39 is 0 Å². The number of hydrogen-bond acceptors (Lipinski definition) is 2. The number of esters is 1. The number of cyclic esters (lactones) is 1. The molecule has 1 saturated heterocycles. The number of benzene rings is 1. The van der Waals surface area contributed by atoms with Gasteiger partial charge in [-0.15, -0.1) is 5.92 Å². The predicted octanol–water partition coefficient (Wildman–Crippen LogP) is 2.76. The van der Waals surface area contributed by atoms with E-state index in [1.807, 2.05) is 30.3 Å². The van der Waals surface area contributed by atoms with E-state index in [0.717, 1.165) is 11.1 Å². The molecular weight excluding hydrogens is 200 g/mol. The molecular formula is C14H12O2. The van der Waals surface area contributed by atoms with Crippen LogP contribution in [0.1, 0.15) is 25.3 Å². The number of carbonyl (C=O) groups excluding carboxylic acids is 1. The maximum Gasteiger partial charge on any atom is 0.311 e. The second-order valence-corrected chi connectivity index (χ2v) is 3.51. The molecule has 2 rings (SSSR count). The lowest BCUT2D eigenvalue weighted by Gasteiger charge is -2.03. The first kappa shape index (κ1) is 10.5. The van der Waals surface area contributed by atoms with Gasteiger partial charge in [0, 0.05) is 6.42 Å². The number of carbonyl (C=O) groups is 1. The molecule has 0 atom stereocenters. The maximum absolute atomic E-state index is 11.1. The molecule has 1 fully saturated rings. The zero-order valence-corrected chi connectivity index (χ0v) is 9.12. The van der Waals surface area contributed by atoms with Gasteiger partial charge in [-0.2, -0.15) is 0 Å². The average Bonchev–Trinajstić information content (AvgIpc) is 2.74.